The Bertz CT molecular complexity index is 896. The molecule has 110 valence electrons. The molecule has 7 heteroatoms. The van der Waals surface area contributed by atoms with Gasteiger partial charge in [0.1, 0.15) is 23.4 Å². The van der Waals surface area contributed by atoms with E-state index < -0.39 is 5.97 Å². The molecule has 0 fully saturated rings. The van der Waals surface area contributed by atoms with Gasteiger partial charge in [-0.3, -0.25) is 9.59 Å². The van der Waals surface area contributed by atoms with E-state index in [2.05, 4.69) is 9.97 Å². The number of hydrogen-bond acceptors (Lipinski definition) is 6. The van der Waals surface area contributed by atoms with Crippen molar-refractivity contribution in [1.82, 2.24) is 9.97 Å². The zero-order chi connectivity index (χ0) is 15.5. The summed E-state index contributed by atoms with van der Waals surface area (Å²) in [6.07, 6.45) is 0.694. The second-order valence-electron chi connectivity index (χ2n) is 4.46. The average Bonchev–Trinajstić information content (AvgIpc) is 3.02. The van der Waals surface area contributed by atoms with Crippen LogP contribution >= 0.6 is 11.3 Å². The van der Waals surface area contributed by atoms with Gasteiger partial charge in [0.25, 0.3) is 5.56 Å². The molecule has 0 unspecified atom stereocenters. The molecule has 0 atom stereocenters. The fourth-order valence-corrected chi connectivity index (χ4v) is 2.63. The van der Waals surface area contributed by atoms with Crippen LogP contribution in [0, 0.1) is 0 Å². The van der Waals surface area contributed by atoms with Crippen LogP contribution < -0.4 is 5.56 Å². The fourth-order valence-electron chi connectivity index (χ4n) is 1.90. The van der Waals surface area contributed by atoms with Gasteiger partial charge < -0.3 is 9.72 Å². The van der Waals surface area contributed by atoms with Gasteiger partial charge in [0, 0.05) is 5.56 Å². The highest BCUT2D eigenvalue weighted by Crippen LogP contribution is 2.14. The first-order valence-electron chi connectivity index (χ1n) is 6.36. The third-order valence-electron chi connectivity index (χ3n) is 2.99. The van der Waals surface area contributed by atoms with Crippen LogP contribution in [0.25, 0.3) is 10.2 Å². The standard InChI is InChI=1S/C15H10N2O4S/c18-7-9-1-3-10(4-2-9)15(20)21-8-12-16-11-5-6-22-13(11)14(19)17-12/h1-7H,8H2,(H,16,17,19). The van der Waals surface area contributed by atoms with E-state index in [0.717, 1.165) is 0 Å². The number of nitrogens with one attached hydrogen (secondary N) is 1. The van der Waals surface area contributed by atoms with Crippen LogP contribution in [0.4, 0.5) is 0 Å². The third-order valence-corrected chi connectivity index (χ3v) is 3.89. The molecular formula is C15H10N2O4S. The van der Waals surface area contributed by atoms with Crippen LogP contribution in [-0.2, 0) is 11.3 Å². The summed E-state index contributed by atoms with van der Waals surface area (Å²) in [7, 11) is 0. The first-order chi connectivity index (χ1) is 10.7. The van der Waals surface area contributed by atoms with Gasteiger partial charge in [0.15, 0.2) is 0 Å². The minimum Gasteiger partial charge on any atom is -0.454 e. The van der Waals surface area contributed by atoms with Crippen LogP contribution in [0.3, 0.4) is 0 Å². The molecule has 0 spiro atoms. The molecule has 0 saturated carbocycles. The number of aromatic nitrogens is 2. The van der Waals surface area contributed by atoms with Crippen LogP contribution in [0.15, 0.2) is 40.5 Å². The molecule has 2 aromatic heterocycles. The summed E-state index contributed by atoms with van der Waals surface area (Å²) in [4.78, 5) is 41.0. The monoisotopic (exact) mass is 314 g/mol. The summed E-state index contributed by atoms with van der Waals surface area (Å²) in [5, 5.41) is 1.78. The number of thiophene rings is 1. The highest BCUT2D eigenvalue weighted by molar-refractivity contribution is 7.17. The van der Waals surface area contributed by atoms with Crippen molar-refractivity contribution in [1.29, 1.82) is 0 Å². The van der Waals surface area contributed by atoms with E-state index in [9.17, 15) is 14.4 Å². The number of fused-ring (bicyclic) bond motifs is 1. The van der Waals surface area contributed by atoms with Crippen molar-refractivity contribution in [3.8, 4) is 0 Å². The van der Waals surface area contributed by atoms with Crippen LogP contribution in [0.2, 0.25) is 0 Å². The summed E-state index contributed by atoms with van der Waals surface area (Å²) >= 11 is 1.30. The van der Waals surface area contributed by atoms with E-state index >= 15 is 0 Å². The Labute approximate surface area is 128 Å². The summed E-state index contributed by atoms with van der Waals surface area (Å²) < 4.78 is 5.65. The second-order valence-corrected chi connectivity index (χ2v) is 5.38. The Morgan fingerprint density at radius 2 is 2.05 bits per heavy atom. The molecule has 0 amide bonds. The average molecular weight is 314 g/mol. The molecule has 0 aliphatic carbocycles. The van der Waals surface area contributed by atoms with Gasteiger partial charge in [-0.2, -0.15) is 0 Å². The number of aromatic amines is 1. The summed E-state index contributed by atoms with van der Waals surface area (Å²) in [5.41, 5.74) is 1.13. The van der Waals surface area contributed by atoms with Crippen LogP contribution in [0.5, 0.6) is 0 Å². The van der Waals surface area contributed by atoms with Crippen LogP contribution in [0.1, 0.15) is 26.5 Å². The van der Waals surface area contributed by atoms with Gasteiger partial charge in [0.05, 0.1) is 11.1 Å². The zero-order valence-electron chi connectivity index (χ0n) is 11.2. The van der Waals surface area contributed by atoms with Crippen molar-refractivity contribution in [3.63, 3.8) is 0 Å². The lowest BCUT2D eigenvalue weighted by atomic mass is 10.1. The normalized spacial score (nSPS) is 10.5. The minimum atomic E-state index is -0.550. The van der Waals surface area contributed by atoms with Gasteiger partial charge in [-0.25, -0.2) is 9.78 Å². The number of carbonyl (C=O) groups is 2. The van der Waals surface area contributed by atoms with Crippen molar-refractivity contribution < 1.29 is 14.3 Å². The molecule has 2 heterocycles. The topological polar surface area (TPSA) is 89.1 Å². The van der Waals surface area contributed by atoms with E-state index in [-0.39, 0.29) is 18.0 Å². The van der Waals surface area contributed by atoms with Crippen molar-refractivity contribution in [2.75, 3.05) is 0 Å². The molecule has 0 saturated heterocycles. The lowest BCUT2D eigenvalue weighted by Crippen LogP contribution is -2.13. The Kier molecular flexibility index (Phi) is 3.80. The summed E-state index contributed by atoms with van der Waals surface area (Å²) in [5.74, 6) is -0.265. The smallest absolute Gasteiger partial charge is 0.338 e. The minimum absolute atomic E-state index is 0.130. The SMILES string of the molecule is O=Cc1ccc(C(=O)OCc2nc3ccsc3c(=O)[nH]2)cc1. The number of rotatable bonds is 4. The predicted octanol–water partition coefficient (Wildman–Crippen LogP) is 2.15. The third kappa shape index (κ3) is 2.79. The molecule has 1 aromatic carbocycles. The van der Waals surface area contributed by atoms with Crippen molar-refractivity contribution >= 4 is 33.8 Å². The lowest BCUT2D eigenvalue weighted by Gasteiger charge is -2.04. The van der Waals surface area contributed by atoms with E-state index in [0.29, 0.717) is 27.6 Å². The molecular weight excluding hydrogens is 304 g/mol. The van der Waals surface area contributed by atoms with E-state index in [1.54, 1.807) is 11.4 Å². The van der Waals surface area contributed by atoms with Gasteiger partial charge in [-0.15, -0.1) is 11.3 Å². The van der Waals surface area contributed by atoms with Gasteiger partial charge in [0.2, 0.25) is 0 Å². The molecule has 0 aliphatic rings. The largest absolute Gasteiger partial charge is 0.454 e. The maximum Gasteiger partial charge on any atom is 0.338 e. The summed E-state index contributed by atoms with van der Waals surface area (Å²) in [6.45, 7) is -0.130. The van der Waals surface area contributed by atoms with E-state index in [1.165, 1.54) is 35.6 Å². The Morgan fingerprint density at radius 3 is 2.77 bits per heavy atom. The molecule has 0 bridgehead atoms. The number of H-pyrrole nitrogens is 1. The van der Waals surface area contributed by atoms with E-state index in [4.69, 9.17) is 4.74 Å². The zero-order valence-corrected chi connectivity index (χ0v) is 12.1. The molecule has 3 aromatic rings. The first kappa shape index (κ1) is 14.2. The number of hydrogen-bond donors (Lipinski definition) is 1. The van der Waals surface area contributed by atoms with Crippen molar-refractivity contribution in [3.05, 3.63) is 63.0 Å². The fraction of sp³-hybridized carbons (Fsp3) is 0.0667. The molecule has 3 rings (SSSR count). The molecule has 22 heavy (non-hydrogen) atoms. The maximum absolute atomic E-state index is 11.9. The molecule has 0 aliphatic heterocycles. The highest BCUT2D eigenvalue weighted by atomic mass is 32.1. The second kappa shape index (κ2) is 5.90. The van der Waals surface area contributed by atoms with E-state index in [1.807, 2.05) is 0 Å². The van der Waals surface area contributed by atoms with Gasteiger partial charge >= 0.3 is 5.97 Å². The quantitative estimate of drug-likeness (QED) is 0.589. The Morgan fingerprint density at radius 1 is 1.27 bits per heavy atom. The number of ether oxygens (including phenoxy) is 1. The maximum atomic E-state index is 11.9. The number of nitrogens with zero attached hydrogens (tertiary/aromatic N) is 1. The first-order valence-corrected chi connectivity index (χ1v) is 7.24. The highest BCUT2D eigenvalue weighted by Gasteiger charge is 2.10. The van der Waals surface area contributed by atoms with Crippen LogP contribution in [-0.4, -0.2) is 22.2 Å². The predicted molar refractivity (Wildman–Crippen MR) is 81.2 cm³/mol. The number of benzene rings is 1. The van der Waals surface area contributed by atoms with Gasteiger partial charge in [-0.1, -0.05) is 12.1 Å². The van der Waals surface area contributed by atoms with Crippen molar-refractivity contribution in [2.45, 2.75) is 6.61 Å². The van der Waals surface area contributed by atoms with Gasteiger partial charge in [-0.05, 0) is 23.6 Å². The number of aldehydes is 1. The molecule has 6 nitrogen and oxygen atoms in total. The number of esters is 1. The molecule has 0 radical (unpaired) electrons. The number of carbonyl (C=O) groups excluding carboxylic acids is 2. The lowest BCUT2D eigenvalue weighted by molar-refractivity contribution is 0.0462. The summed E-state index contributed by atoms with van der Waals surface area (Å²) in [6, 6.07) is 7.80. The Hall–Kier alpha value is -2.80. The molecule has 1 N–H and O–H groups in total. The Balaban J connectivity index is 1.73. The van der Waals surface area contributed by atoms with Crippen molar-refractivity contribution in [2.24, 2.45) is 0 Å².